The number of hydrogen-bond donors (Lipinski definition) is 0. The molecule has 0 saturated heterocycles. The van der Waals surface area contributed by atoms with Gasteiger partial charge in [0.2, 0.25) is 0 Å². The Balaban J connectivity index is 1.67. The third kappa shape index (κ3) is 4.98. The van der Waals surface area contributed by atoms with Gasteiger partial charge in [-0.25, -0.2) is 9.48 Å². The van der Waals surface area contributed by atoms with Crippen molar-refractivity contribution in [1.29, 1.82) is 0 Å². The van der Waals surface area contributed by atoms with E-state index in [9.17, 15) is 4.79 Å². The largest absolute Gasteiger partial charge is 0.462 e. The van der Waals surface area contributed by atoms with Crippen molar-refractivity contribution in [2.24, 2.45) is 4.99 Å². The van der Waals surface area contributed by atoms with Gasteiger partial charge in [-0.1, -0.05) is 46.3 Å². The van der Waals surface area contributed by atoms with Crippen LogP contribution in [0.3, 0.4) is 0 Å². The maximum Gasteiger partial charge on any atom is 0.338 e. The van der Waals surface area contributed by atoms with E-state index in [4.69, 9.17) is 9.84 Å². The van der Waals surface area contributed by atoms with Crippen molar-refractivity contribution in [2.45, 2.75) is 6.92 Å². The Morgan fingerprint density at radius 1 is 1.03 bits per heavy atom. The molecule has 0 fully saturated rings. The SMILES string of the molecule is CCOC(=O)c1ccc(N=Cc2cn(-c3ccccc3)nc2-c2ccc(Br)cc2)cc1. The van der Waals surface area contributed by atoms with Crippen molar-refractivity contribution in [3.8, 4) is 16.9 Å². The molecule has 1 heterocycles. The van der Waals surface area contributed by atoms with Gasteiger partial charge in [-0.3, -0.25) is 4.99 Å². The van der Waals surface area contributed by atoms with Crippen LogP contribution >= 0.6 is 15.9 Å². The molecule has 1 aromatic heterocycles. The van der Waals surface area contributed by atoms with Gasteiger partial charge < -0.3 is 4.74 Å². The number of hydrogen-bond acceptors (Lipinski definition) is 4. The normalized spacial score (nSPS) is 11.0. The van der Waals surface area contributed by atoms with Crippen LogP contribution in [0.5, 0.6) is 0 Å². The number of benzene rings is 3. The van der Waals surface area contributed by atoms with Gasteiger partial charge in [0.25, 0.3) is 0 Å². The summed E-state index contributed by atoms with van der Waals surface area (Å²) in [5.41, 5.74) is 4.94. The molecule has 0 atom stereocenters. The molecule has 0 saturated carbocycles. The molecule has 3 aromatic carbocycles. The molecule has 0 aliphatic heterocycles. The summed E-state index contributed by atoms with van der Waals surface area (Å²) < 4.78 is 7.88. The minimum atomic E-state index is -0.334. The zero-order chi connectivity index (χ0) is 21.6. The Kier molecular flexibility index (Phi) is 6.38. The fraction of sp³-hybridized carbons (Fsp3) is 0.0800. The summed E-state index contributed by atoms with van der Waals surface area (Å²) in [6, 6.07) is 25.0. The Bertz CT molecular complexity index is 1200. The molecule has 0 amide bonds. The molecule has 0 N–H and O–H groups in total. The minimum Gasteiger partial charge on any atom is -0.462 e. The summed E-state index contributed by atoms with van der Waals surface area (Å²) in [5, 5.41) is 4.80. The monoisotopic (exact) mass is 473 g/mol. The number of esters is 1. The van der Waals surface area contributed by atoms with Gasteiger partial charge in [0, 0.05) is 28.0 Å². The number of rotatable bonds is 6. The first-order valence-corrected chi connectivity index (χ1v) is 10.7. The van der Waals surface area contributed by atoms with Crippen LogP contribution in [0.15, 0.2) is 94.5 Å². The topological polar surface area (TPSA) is 56.5 Å². The number of carbonyl (C=O) groups excluding carboxylic acids is 1. The maximum atomic E-state index is 11.8. The molecule has 0 unspecified atom stereocenters. The van der Waals surface area contributed by atoms with Crippen LogP contribution in [0.2, 0.25) is 0 Å². The number of aromatic nitrogens is 2. The van der Waals surface area contributed by atoms with Gasteiger partial charge in [0.15, 0.2) is 0 Å². The Hall–Kier alpha value is -3.51. The third-order valence-electron chi connectivity index (χ3n) is 4.61. The van der Waals surface area contributed by atoms with Crippen LogP contribution in [-0.4, -0.2) is 28.6 Å². The number of halogens is 1. The summed E-state index contributed by atoms with van der Waals surface area (Å²) in [5.74, 6) is -0.334. The molecule has 0 bridgehead atoms. The molecule has 5 nitrogen and oxygen atoms in total. The Labute approximate surface area is 189 Å². The molecule has 0 radical (unpaired) electrons. The molecule has 154 valence electrons. The summed E-state index contributed by atoms with van der Waals surface area (Å²) >= 11 is 3.48. The molecule has 6 heteroatoms. The molecule has 0 aliphatic carbocycles. The second-order valence-corrected chi connectivity index (χ2v) is 7.66. The average molecular weight is 474 g/mol. The lowest BCUT2D eigenvalue weighted by molar-refractivity contribution is 0.0526. The molecule has 31 heavy (non-hydrogen) atoms. The van der Waals surface area contributed by atoms with E-state index < -0.39 is 0 Å². The van der Waals surface area contributed by atoms with E-state index >= 15 is 0 Å². The first-order chi connectivity index (χ1) is 15.1. The van der Waals surface area contributed by atoms with E-state index in [1.54, 1.807) is 37.4 Å². The third-order valence-corrected chi connectivity index (χ3v) is 5.14. The molecule has 0 spiro atoms. The lowest BCUT2D eigenvalue weighted by Crippen LogP contribution is -2.03. The highest BCUT2D eigenvalue weighted by Gasteiger charge is 2.11. The molecule has 4 rings (SSSR count). The van der Waals surface area contributed by atoms with Crippen LogP contribution in [0, 0.1) is 0 Å². The van der Waals surface area contributed by atoms with E-state index in [1.807, 2.05) is 65.5 Å². The lowest BCUT2D eigenvalue weighted by Gasteiger charge is -2.02. The lowest BCUT2D eigenvalue weighted by atomic mass is 10.1. The first-order valence-electron chi connectivity index (χ1n) is 9.86. The van der Waals surface area contributed by atoms with Gasteiger partial charge in [-0.05, 0) is 55.5 Å². The van der Waals surface area contributed by atoms with E-state index in [0.717, 1.165) is 32.7 Å². The molecular weight excluding hydrogens is 454 g/mol. The molecule has 0 aliphatic rings. The van der Waals surface area contributed by atoms with Crippen LogP contribution < -0.4 is 0 Å². The van der Waals surface area contributed by atoms with Gasteiger partial charge in [-0.15, -0.1) is 0 Å². The fourth-order valence-corrected chi connectivity index (χ4v) is 3.33. The number of para-hydroxylation sites is 1. The van der Waals surface area contributed by atoms with Gasteiger partial charge in [-0.2, -0.15) is 5.10 Å². The van der Waals surface area contributed by atoms with Crippen molar-refractivity contribution < 1.29 is 9.53 Å². The van der Waals surface area contributed by atoms with E-state index in [1.165, 1.54) is 0 Å². The van der Waals surface area contributed by atoms with Gasteiger partial charge in [0.1, 0.15) is 5.69 Å². The van der Waals surface area contributed by atoms with Gasteiger partial charge in [0.05, 0.1) is 23.5 Å². The highest BCUT2D eigenvalue weighted by Crippen LogP contribution is 2.25. The minimum absolute atomic E-state index is 0.334. The van der Waals surface area contributed by atoms with Crippen LogP contribution in [0.25, 0.3) is 16.9 Å². The quantitative estimate of drug-likeness (QED) is 0.246. The number of aliphatic imine (C=N–C) groups is 1. The Morgan fingerprint density at radius 2 is 1.74 bits per heavy atom. The van der Waals surface area contributed by atoms with Crippen molar-refractivity contribution in [3.63, 3.8) is 0 Å². The molecular formula is C25H20BrN3O2. The highest BCUT2D eigenvalue weighted by molar-refractivity contribution is 9.10. The summed E-state index contributed by atoms with van der Waals surface area (Å²) in [6.07, 6.45) is 3.76. The zero-order valence-electron chi connectivity index (χ0n) is 16.9. The second-order valence-electron chi connectivity index (χ2n) is 6.75. The van der Waals surface area contributed by atoms with Gasteiger partial charge >= 0.3 is 5.97 Å². The maximum absolute atomic E-state index is 11.8. The van der Waals surface area contributed by atoms with E-state index in [0.29, 0.717) is 12.2 Å². The van der Waals surface area contributed by atoms with Crippen LogP contribution in [0.1, 0.15) is 22.8 Å². The van der Waals surface area contributed by atoms with E-state index in [-0.39, 0.29) is 5.97 Å². The van der Waals surface area contributed by atoms with Crippen molar-refractivity contribution in [3.05, 3.63) is 101 Å². The van der Waals surface area contributed by atoms with Crippen LogP contribution in [0.4, 0.5) is 5.69 Å². The molecule has 4 aromatic rings. The van der Waals surface area contributed by atoms with E-state index in [2.05, 4.69) is 20.9 Å². The number of nitrogens with zero attached hydrogens (tertiary/aromatic N) is 3. The predicted molar refractivity (Wildman–Crippen MR) is 126 cm³/mol. The predicted octanol–water partition coefficient (Wildman–Crippen LogP) is 6.23. The Morgan fingerprint density at radius 3 is 2.42 bits per heavy atom. The summed E-state index contributed by atoms with van der Waals surface area (Å²) in [6.45, 7) is 2.14. The smallest absolute Gasteiger partial charge is 0.338 e. The van der Waals surface area contributed by atoms with Crippen molar-refractivity contribution in [1.82, 2.24) is 9.78 Å². The van der Waals surface area contributed by atoms with Crippen LogP contribution in [-0.2, 0) is 4.74 Å². The summed E-state index contributed by atoms with van der Waals surface area (Å²) in [4.78, 5) is 16.4. The zero-order valence-corrected chi connectivity index (χ0v) is 18.5. The number of carbonyl (C=O) groups is 1. The standard InChI is InChI=1S/C25H20BrN3O2/c1-2-31-25(30)19-10-14-22(15-11-19)27-16-20-17-29(23-6-4-3-5-7-23)28-24(20)18-8-12-21(26)13-9-18/h3-17H,2H2,1H3. The van der Waals surface area contributed by atoms with Crippen molar-refractivity contribution >= 4 is 33.8 Å². The first kappa shape index (κ1) is 20.8. The summed E-state index contributed by atoms with van der Waals surface area (Å²) in [7, 11) is 0. The van der Waals surface area contributed by atoms with Crippen molar-refractivity contribution in [2.75, 3.05) is 6.61 Å². The fourth-order valence-electron chi connectivity index (χ4n) is 3.07. The second kappa shape index (κ2) is 9.53. The average Bonchev–Trinajstić information content (AvgIpc) is 3.23. The number of ether oxygens (including phenoxy) is 1. The highest BCUT2D eigenvalue weighted by atomic mass is 79.9.